The molecule has 0 bridgehead atoms. The quantitative estimate of drug-likeness (QED) is 0.292. The molecule has 0 amide bonds. The number of halogens is 2. The Labute approximate surface area is 183 Å². The summed E-state index contributed by atoms with van der Waals surface area (Å²) >= 11 is 3.59. The number of hydrogen-bond acceptors (Lipinski definition) is 5. The zero-order valence-electron chi connectivity index (χ0n) is 17.9. The first-order chi connectivity index (χ1) is 13.7. The van der Waals surface area contributed by atoms with Crippen LogP contribution in [-0.2, 0) is 9.47 Å². The fourth-order valence-electron chi connectivity index (χ4n) is 4.18. The molecular weight excluding hydrogens is 453 g/mol. The van der Waals surface area contributed by atoms with Gasteiger partial charge in [-0.15, -0.1) is 0 Å². The highest BCUT2D eigenvalue weighted by atomic mass is 79.9. The number of ether oxygens (including phenoxy) is 2. The molecule has 3 heterocycles. The number of aromatic nitrogens is 1. The summed E-state index contributed by atoms with van der Waals surface area (Å²) in [6, 6.07) is 4.31. The van der Waals surface area contributed by atoms with Gasteiger partial charge in [0.1, 0.15) is 17.6 Å². The topological polar surface area (TPSA) is 47.0 Å². The molecule has 0 aromatic carbocycles. The third kappa shape index (κ3) is 6.32. The number of hydrogen-bond donors (Lipinski definition) is 0. The molecule has 3 unspecified atom stereocenters. The van der Waals surface area contributed by atoms with Gasteiger partial charge in [-0.05, 0) is 43.9 Å². The highest BCUT2D eigenvalue weighted by molar-refractivity contribution is 9.09. The van der Waals surface area contributed by atoms with Crippen molar-refractivity contribution in [3.8, 4) is 0 Å². The lowest BCUT2D eigenvalue weighted by molar-refractivity contribution is 0.0239. The Hall–Kier alpha value is -0.833. The van der Waals surface area contributed by atoms with E-state index >= 15 is 0 Å². The summed E-state index contributed by atoms with van der Waals surface area (Å²) in [5.74, 6) is 0.173. The van der Waals surface area contributed by atoms with Crippen LogP contribution in [0.25, 0.3) is 0 Å². The highest BCUT2D eigenvalue weighted by Gasteiger charge is 2.40. The summed E-state index contributed by atoms with van der Waals surface area (Å²) in [4.78, 5) is 4.45. The maximum atomic E-state index is 14.7. The van der Waals surface area contributed by atoms with Crippen LogP contribution >= 0.6 is 15.9 Å². The lowest BCUT2D eigenvalue weighted by atomic mass is 9.74. The molecule has 2 aliphatic rings. The molecule has 1 aromatic heterocycles. The Balaban J connectivity index is 1.71. The Kier molecular flexibility index (Phi) is 7.86. The fourth-order valence-corrected chi connectivity index (χ4v) is 5.61. The third-order valence-corrected chi connectivity index (χ3v) is 8.14. The Bertz CT molecular complexity index is 715. The molecule has 1 aromatic rings. The lowest BCUT2D eigenvalue weighted by Crippen LogP contribution is -2.35. The monoisotopic (exact) mass is 485 g/mol. The van der Waals surface area contributed by atoms with Gasteiger partial charge >= 0.3 is 0 Å². The normalized spacial score (nSPS) is 26.5. The van der Waals surface area contributed by atoms with Crippen molar-refractivity contribution in [1.29, 1.82) is 0 Å². The van der Waals surface area contributed by atoms with Crippen molar-refractivity contribution >= 4 is 29.7 Å². The van der Waals surface area contributed by atoms with Gasteiger partial charge in [0.15, 0.2) is 0 Å². The van der Waals surface area contributed by atoms with Gasteiger partial charge in [-0.2, -0.15) is 5.10 Å². The summed E-state index contributed by atoms with van der Waals surface area (Å²) in [5.41, 5.74) is 1.59. The number of nitrogens with zero attached hydrogens (tertiary/aromatic N) is 3. The van der Waals surface area contributed by atoms with E-state index in [-0.39, 0.29) is 22.7 Å². The van der Waals surface area contributed by atoms with E-state index in [9.17, 15) is 4.39 Å². The number of alkyl halides is 1. The van der Waals surface area contributed by atoms with Crippen LogP contribution in [-0.4, -0.2) is 55.3 Å². The second-order valence-corrected chi connectivity index (χ2v) is 16.0. The van der Waals surface area contributed by atoms with Crippen molar-refractivity contribution in [1.82, 2.24) is 9.99 Å². The van der Waals surface area contributed by atoms with E-state index in [1.165, 1.54) is 6.07 Å². The standard InChI is InChI=1S/C21H33BrFN3O2Si/c1-15-17(13-26(25-15)14-27-10-11-29(2,3)4)20(16-7-9-28-19(22)12-16)21-18(23)6-5-8-24-21/h5-6,8,16-17,19-20H,7,9-14H2,1-4H3/t16?,17-,19?,20?/m0/s1. The van der Waals surface area contributed by atoms with Crippen molar-refractivity contribution in [2.45, 2.75) is 56.4 Å². The van der Waals surface area contributed by atoms with Crippen LogP contribution in [0.3, 0.4) is 0 Å². The molecule has 2 aliphatic heterocycles. The molecule has 1 fully saturated rings. The average Bonchev–Trinajstić information content (AvgIpc) is 3.00. The van der Waals surface area contributed by atoms with Crippen molar-refractivity contribution in [3.05, 3.63) is 29.8 Å². The number of rotatable bonds is 8. The van der Waals surface area contributed by atoms with Crippen molar-refractivity contribution < 1.29 is 13.9 Å². The minimum atomic E-state index is -1.10. The maximum absolute atomic E-state index is 14.7. The van der Waals surface area contributed by atoms with E-state index in [4.69, 9.17) is 14.6 Å². The van der Waals surface area contributed by atoms with Gasteiger partial charge in [0, 0.05) is 51.6 Å². The van der Waals surface area contributed by atoms with E-state index in [0.29, 0.717) is 24.9 Å². The zero-order chi connectivity index (χ0) is 21.0. The predicted molar refractivity (Wildman–Crippen MR) is 121 cm³/mol. The Morgan fingerprint density at radius 2 is 2.21 bits per heavy atom. The minimum Gasteiger partial charge on any atom is -0.367 e. The van der Waals surface area contributed by atoms with Gasteiger partial charge in [0.2, 0.25) is 0 Å². The fraction of sp³-hybridized carbons (Fsp3) is 0.714. The molecule has 3 rings (SSSR count). The molecule has 4 atom stereocenters. The van der Waals surface area contributed by atoms with Crippen molar-refractivity contribution in [3.63, 3.8) is 0 Å². The molecule has 162 valence electrons. The smallest absolute Gasteiger partial charge is 0.145 e. The SMILES string of the molecule is CC1=NN(COCC[Si](C)(C)C)C[C@@H]1C(c1ncccc1F)C1CCOC(Br)C1. The van der Waals surface area contributed by atoms with Gasteiger partial charge in [0.05, 0.1) is 5.69 Å². The third-order valence-electron chi connectivity index (χ3n) is 5.80. The van der Waals surface area contributed by atoms with Crippen LogP contribution in [0.5, 0.6) is 0 Å². The summed E-state index contributed by atoms with van der Waals surface area (Å²) < 4.78 is 26.3. The summed E-state index contributed by atoms with van der Waals surface area (Å²) in [7, 11) is -1.10. The van der Waals surface area contributed by atoms with Crippen molar-refractivity contribution in [2.75, 3.05) is 26.5 Å². The first-order valence-electron chi connectivity index (χ1n) is 10.5. The molecule has 0 saturated carbocycles. The second kappa shape index (κ2) is 9.98. The van der Waals surface area contributed by atoms with Gasteiger partial charge in [-0.25, -0.2) is 4.39 Å². The summed E-state index contributed by atoms with van der Waals surface area (Å²) in [6.07, 6.45) is 3.44. The van der Waals surface area contributed by atoms with Crippen LogP contribution in [0.15, 0.2) is 23.4 Å². The van der Waals surface area contributed by atoms with Gasteiger partial charge in [-0.3, -0.25) is 9.99 Å². The molecule has 29 heavy (non-hydrogen) atoms. The molecule has 1 saturated heterocycles. The van der Waals surface area contributed by atoms with E-state index in [1.807, 2.05) is 11.9 Å². The second-order valence-electron chi connectivity index (χ2n) is 9.35. The van der Waals surface area contributed by atoms with E-state index < -0.39 is 8.07 Å². The van der Waals surface area contributed by atoms with Gasteiger partial charge in [-0.1, -0.05) is 35.6 Å². The molecule has 0 spiro atoms. The highest BCUT2D eigenvalue weighted by Crippen LogP contribution is 2.42. The van der Waals surface area contributed by atoms with E-state index in [0.717, 1.165) is 37.7 Å². The molecule has 0 N–H and O–H groups in total. The first-order valence-corrected chi connectivity index (χ1v) is 15.1. The van der Waals surface area contributed by atoms with Crippen LogP contribution in [0.4, 0.5) is 4.39 Å². The maximum Gasteiger partial charge on any atom is 0.145 e. The van der Waals surface area contributed by atoms with Gasteiger partial charge < -0.3 is 9.47 Å². The van der Waals surface area contributed by atoms with Crippen LogP contribution in [0.2, 0.25) is 25.7 Å². The first kappa shape index (κ1) is 22.8. The summed E-state index contributed by atoms with van der Waals surface area (Å²) in [5, 5.41) is 6.74. The van der Waals surface area contributed by atoms with Crippen LogP contribution < -0.4 is 0 Å². The van der Waals surface area contributed by atoms with Crippen LogP contribution in [0, 0.1) is 17.7 Å². The molecule has 8 heteroatoms. The lowest BCUT2D eigenvalue weighted by Gasteiger charge is -2.36. The van der Waals surface area contributed by atoms with Crippen molar-refractivity contribution in [2.24, 2.45) is 16.9 Å². The van der Waals surface area contributed by atoms with Crippen LogP contribution in [0.1, 0.15) is 31.4 Å². The molecule has 0 aliphatic carbocycles. The largest absolute Gasteiger partial charge is 0.367 e. The zero-order valence-corrected chi connectivity index (χ0v) is 20.5. The summed E-state index contributed by atoms with van der Waals surface area (Å²) in [6.45, 7) is 11.8. The molecular formula is C21H33BrFN3O2Si. The van der Waals surface area contributed by atoms with E-state index in [2.05, 4.69) is 40.6 Å². The molecule has 5 nitrogen and oxygen atoms in total. The molecule has 0 radical (unpaired) electrons. The number of hydrazone groups is 1. The minimum absolute atomic E-state index is 0.00942. The predicted octanol–water partition coefficient (Wildman–Crippen LogP) is 5.07. The average molecular weight is 487 g/mol. The Morgan fingerprint density at radius 3 is 2.90 bits per heavy atom. The van der Waals surface area contributed by atoms with E-state index in [1.54, 1.807) is 12.3 Å². The number of pyridine rings is 1. The van der Waals surface area contributed by atoms with Gasteiger partial charge in [0.25, 0.3) is 0 Å². The Morgan fingerprint density at radius 1 is 1.41 bits per heavy atom.